The van der Waals surface area contributed by atoms with Crippen LogP contribution in [0.1, 0.15) is 24.9 Å². The van der Waals surface area contributed by atoms with Crippen LogP contribution in [0.25, 0.3) is 0 Å². The molecule has 108 valence electrons. The number of benzene rings is 2. The molecule has 0 bridgehead atoms. The van der Waals surface area contributed by atoms with Crippen LogP contribution in [-0.2, 0) is 0 Å². The third kappa shape index (κ3) is 3.59. The first-order chi connectivity index (χ1) is 10.1. The SMILES string of the molecule is C[C@@H](N)c1ccc(N(CCC#N)c2ccccc2)c(F)c1. The van der Waals surface area contributed by atoms with Gasteiger partial charge in [-0.3, -0.25) is 0 Å². The lowest BCUT2D eigenvalue weighted by molar-refractivity contribution is 0.619. The summed E-state index contributed by atoms with van der Waals surface area (Å²) >= 11 is 0. The van der Waals surface area contributed by atoms with E-state index in [1.165, 1.54) is 6.07 Å². The number of halogens is 1. The van der Waals surface area contributed by atoms with E-state index in [9.17, 15) is 4.39 Å². The lowest BCUT2D eigenvalue weighted by Gasteiger charge is -2.25. The molecule has 0 saturated heterocycles. The van der Waals surface area contributed by atoms with E-state index in [-0.39, 0.29) is 11.9 Å². The summed E-state index contributed by atoms with van der Waals surface area (Å²) in [5.41, 5.74) is 7.85. The van der Waals surface area contributed by atoms with Crippen molar-refractivity contribution in [3.8, 4) is 6.07 Å². The molecule has 2 N–H and O–H groups in total. The molecule has 0 unspecified atom stereocenters. The van der Waals surface area contributed by atoms with Gasteiger partial charge in [0.25, 0.3) is 0 Å². The quantitative estimate of drug-likeness (QED) is 0.905. The van der Waals surface area contributed by atoms with Gasteiger partial charge in [-0.25, -0.2) is 4.39 Å². The fourth-order valence-electron chi connectivity index (χ4n) is 2.18. The monoisotopic (exact) mass is 283 g/mol. The summed E-state index contributed by atoms with van der Waals surface area (Å²) in [5, 5.41) is 8.81. The molecule has 2 aromatic carbocycles. The Kier molecular flexibility index (Phi) is 4.91. The second-order valence-corrected chi connectivity index (χ2v) is 4.89. The van der Waals surface area contributed by atoms with Gasteiger partial charge in [0.15, 0.2) is 0 Å². The molecule has 0 aliphatic rings. The van der Waals surface area contributed by atoms with Crippen molar-refractivity contribution in [3.63, 3.8) is 0 Å². The second-order valence-electron chi connectivity index (χ2n) is 4.89. The van der Waals surface area contributed by atoms with Crippen LogP contribution >= 0.6 is 0 Å². The average molecular weight is 283 g/mol. The lowest BCUT2D eigenvalue weighted by Crippen LogP contribution is -2.19. The lowest BCUT2D eigenvalue weighted by atomic mass is 10.1. The van der Waals surface area contributed by atoms with Crippen molar-refractivity contribution in [1.29, 1.82) is 5.26 Å². The van der Waals surface area contributed by atoms with Crippen LogP contribution in [0.15, 0.2) is 48.5 Å². The molecule has 0 amide bonds. The van der Waals surface area contributed by atoms with Crippen LogP contribution in [-0.4, -0.2) is 6.54 Å². The molecular weight excluding hydrogens is 265 g/mol. The van der Waals surface area contributed by atoms with Crippen molar-refractivity contribution in [2.45, 2.75) is 19.4 Å². The first-order valence-corrected chi connectivity index (χ1v) is 6.88. The number of nitrogens with two attached hydrogens (primary N) is 1. The summed E-state index contributed by atoms with van der Waals surface area (Å²) in [6.07, 6.45) is 0.323. The molecule has 0 saturated carbocycles. The van der Waals surface area contributed by atoms with Crippen molar-refractivity contribution in [3.05, 3.63) is 59.9 Å². The third-order valence-corrected chi connectivity index (χ3v) is 3.30. The fraction of sp³-hybridized carbons (Fsp3) is 0.235. The Labute approximate surface area is 124 Å². The maximum atomic E-state index is 14.4. The van der Waals surface area contributed by atoms with Crippen molar-refractivity contribution >= 4 is 11.4 Å². The van der Waals surface area contributed by atoms with E-state index >= 15 is 0 Å². The second kappa shape index (κ2) is 6.87. The Morgan fingerprint density at radius 2 is 1.95 bits per heavy atom. The Hall–Kier alpha value is -2.38. The minimum atomic E-state index is -0.327. The molecule has 0 aliphatic heterocycles. The molecule has 0 aliphatic carbocycles. The number of hydrogen-bond acceptors (Lipinski definition) is 3. The number of hydrogen-bond donors (Lipinski definition) is 1. The minimum Gasteiger partial charge on any atom is -0.338 e. The van der Waals surface area contributed by atoms with Crippen molar-refractivity contribution in [2.75, 3.05) is 11.4 Å². The smallest absolute Gasteiger partial charge is 0.147 e. The van der Waals surface area contributed by atoms with Gasteiger partial charge < -0.3 is 10.6 Å². The Morgan fingerprint density at radius 1 is 1.24 bits per heavy atom. The summed E-state index contributed by atoms with van der Waals surface area (Å²) in [6.45, 7) is 2.26. The van der Waals surface area contributed by atoms with Gasteiger partial charge in [-0.2, -0.15) is 5.26 Å². The maximum absolute atomic E-state index is 14.4. The molecule has 2 aromatic rings. The van der Waals surface area contributed by atoms with Crippen molar-refractivity contribution in [2.24, 2.45) is 5.73 Å². The van der Waals surface area contributed by atoms with E-state index in [0.29, 0.717) is 18.7 Å². The highest BCUT2D eigenvalue weighted by molar-refractivity contribution is 5.64. The van der Waals surface area contributed by atoms with Gasteiger partial charge in [-0.15, -0.1) is 0 Å². The number of rotatable bonds is 5. The molecule has 0 radical (unpaired) electrons. The molecule has 0 heterocycles. The van der Waals surface area contributed by atoms with E-state index in [2.05, 4.69) is 6.07 Å². The third-order valence-electron chi connectivity index (χ3n) is 3.30. The topological polar surface area (TPSA) is 53.0 Å². The van der Waals surface area contributed by atoms with Crippen molar-refractivity contribution in [1.82, 2.24) is 0 Å². The summed E-state index contributed by atoms with van der Waals surface area (Å²) < 4.78 is 14.4. The van der Waals surface area contributed by atoms with Gasteiger partial charge in [-0.05, 0) is 36.8 Å². The Morgan fingerprint density at radius 3 is 2.52 bits per heavy atom. The minimum absolute atomic E-state index is 0.210. The van der Waals surface area contributed by atoms with Gasteiger partial charge in [0.2, 0.25) is 0 Å². The normalized spacial score (nSPS) is 11.7. The van der Waals surface area contributed by atoms with Crippen LogP contribution in [0, 0.1) is 17.1 Å². The van der Waals surface area contributed by atoms with E-state index in [4.69, 9.17) is 11.0 Å². The van der Waals surface area contributed by atoms with Crippen LogP contribution in [0.4, 0.5) is 15.8 Å². The zero-order valence-electron chi connectivity index (χ0n) is 12.0. The van der Waals surface area contributed by atoms with E-state index in [1.807, 2.05) is 48.2 Å². The van der Waals surface area contributed by atoms with Gasteiger partial charge in [0, 0.05) is 18.3 Å². The molecule has 4 heteroatoms. The molecule has 3 nitrogen and oxygen atoms in total. The summed E-state index contributed by atoms with van der Waals surface area (Å²) in [4.78, 5) is 1.81. The predicted molar refractivity (Wildman–Crippen MR) is 82.7 cm³/mol. The fourth-order valence-corrected chi connectivity index (χ4v) is 2.18. The molecule has 1 atom stereocenters. The Bertz CT molecular complexity index is 632. The van der Waals surface area contributed by atoms with Gasteiger partial charge in [-0.1, -0.05) is 24.3 Å². The summed E-state index contributed by atoms with van der Waals surface area (Å²) in [7, 11) is 0. The van der Waals surface area contributed by atoms with Crippen LogP contribution in [0.2, 0.25) is 0 Å². The van der Waals surface area contributed by atoms with Gasteiger partial charge >= 0.3 is 0 Å². The number of anilines is 2. The van der Waals surface area contributed by atoms with Gasteiger partial charge in [0.1, 0.15) is 5.82 Å². The highest BCUT2D eigenvalue weighted by atomic mass is 19.1. The number of nitriles is 1. The molecular formula is C17H18FN3. The molecule has 21 heavy (non-hydrogen) atoms. The molecule has 0 fully saturated rings. The largest absolute Gasteiger partial charge is 0.338 e. The molecule has 2 rings (SSSR count). The number of para-hydroxylation sites is 1. The first kappa shape index (κ1) is 15.0. The summed E-state index contributed by atoms with van der Waals surface area (Å²) in [5.74, 6) is -0.327. The van der Waals surface area contributed by atoms with Crippen LogP contribution in [0.3, 0.4) is 0 Å². The summed E-state index contributed by atoms with van der Waals surface area (Å²) in [6, 6.07) is 16.4. The first-order valence-electron chi connectivity index (χ1n) is 6.88. The maximum Gasteiger partial charge on any atom is 0.147 e. The molecule has 0 spiro atoms. The average Bonchev–Trinajstić information content (AvgIpc) is 2.50. The van der Waals surface area contributed by atoms with E-state index < -0.39 is 0 Å². The highest BCUT2D eigenvalue weighted by Crippen LogP contribution is 2.29. The molecule has 0 aromatic heterocycles. The van der Waals surface area contributed by atoms with E-state index in [0.717, 1.165) is 11.3 Å². The van der Waals surface area contributed by atoms with Crippen molar-refractivity contribution < 1.29 is 4.39 Å². The van der Waals surface area contributed by atoms with Gasteiger partial charge in [0.05, 0.1) is 18.2 Å². The van der Waals surface area contributed by atoms with E-state index in [1.54, 1.807) is 6.07 Å². The zero-order valence-corrected chi connectivity index (χ0v) is 12.0. The predicted octanol–water partition coefficient (Wildman–Crippen LogP) is 3.90. The van der Waals surface area contributed by atoms with Crippen LogP contribution < -0.4 is 10.6 Å². The zero-order chi connectivity index (χ0) is 15.2. The number of nitrogens with zero attached hydrogens (tertiary/aromatic N) is 2. The standard InChI is InChI=1S/C17H18FN3/c1-13(20)14-8-9-17(16(18)12-14)21(11-5-10-19)15-6-3-2-4-7-15/h2-4,6-9,12-13H,5,11,20H2,1H3/t13-/m1/s1. The Balaban J connectivity index is 2.40. The highest BCUT2D eigenvalue weighted by Gasteiger charge is 2.14. The van der Waals surface area contributed by atoms with Crippen LogP contribution in [0.5, 0.6) is 0 Å².